The van der Waals surface area contributed by atoms with E-state index in [-0.39, 0.29) is 11.9 Å². The van der Waals surface area contributed by atoms with E-state index in [1.54, 1.807) is 25.3 Å². The Balaban J connectivity index is 2.46. The number of hydrogen-bond donors (Lipinski definition) is 1. The van der Waals surface area contributed by atoms with Gasteiger partial charge in [0, 0.05) is 10.6 Å². The van der Waals surface area contributed by atoms with Crippen molar-refractivity contribution < 1.29 is 9.13 Å². The van der Waals surface area contributed by atoms with Gasteiger partial charge in [-0.3, -0.25) is 0 Å². The summed E-state index contributed by atoms with van der Waals surface area (Å²) < 4.78 is 19.2. The minimum atomic E-state index is -0.278. The second-order valence-corrected chi connectivity index (χ2v) is 4.81. The van der Waals surface area contributed by atoms with Gasteiger partial charge in [-0.05, 0) is 30.3 Å². The normalized spacial score (nSPS) is 12.2. The Bertz CT molecular complexity index is 588. The van der Waals surface area contributed by atoms with Crippen LogP contribution in [0, 0.1) is 5.82 Å². The van der Waals surface area contributed by atoms with Crippen LogP contribution < -0.4 is 10.1 Å². The molecule has 2 rings (SSSR count). The monoisotopic (exact) mass is 293 g/mol. The molecule has 0 saturated heterocycles. The first-order valence-corrected chi connectivity index (χ1v) is 6.86. The van der Waals surface area contributed by atoms with Gasteiger partial charge in [-0.25, -0.2) is 4.39 Å². The largest absolute Gasteiger partial charge is 0.497 e. The summed E-state index contributed by atoms with van der Waals surface area (Å²) in [5.41, 5.74) is 1.42. The fourth-order valence-corrected chi connectivity index (χ4v) is 2.45. The molecule has 0 amide bonds. The highest BCUT2D eigenvalue weighted by atomic mass is 35.5. The van der Waals surface area contributed by atoms with E-state index in [1.807, 2.05) is 25.1 Å². The predicted molar refractivity (Wildman–Crippen MR) is 79.9 cm³/mol. The van der Waals surface area contributed by atoms with E-state index >= 15 is 0 Å². The van der Waals surface area contributed by atoms with Crippen molar-refractivity contribution >= 4 is 11.6 Å². The van der Waals surface area contributed by atoms with Crippen LogP contribution >= 0.6 is 11.6 Å². The molecule has 0 radical (unpaired) electrons. The number of methoxy groups -OCH3 is 1. The summed E-state index contributed by atoms with van der Waals surface area (Å²) in [6, 6.07) is 11.9. The van der Waals surface area contributed by atoms with Crippen molar-refractivity contribution in [2.45, 2.75) is 13.0 Å². The lowest BCUT2D eigenvalue weighted by Crippen LogP contribution is -2.23. The second kappa shape index (κ2) is 6.73. The summed E-state index contributed by atoms with van der Waals surface area (Å²) in [7, 11) is 1.59. The van der Waals surface area contributed by atoms with E-state index in [2.05, 4.69) is 5.32 Å². The molecule has 2 aromatic carbocycles. The fraction of sp³-hybridized carbons (Fsp3) is 0.250. The van der Waals surface area contributed by atoms with Crippen LogP contribution in [0.1, 0.15) is 24.1 Å². The highest BCUT2D eigenvalue weighted by Crippen LogP contribution is 2.32. The molecule has 0 spiro atoms. The van der Waals surface area contributed by atoms with Crippen molar-refractivity contribution in [1.82, 2.24) is 5.32 Å². The van der Waals surface area contributed by atoms with Crippen LogP contribution in [0.25, 0.3) is 0 Å². The fourth-order valence-electron chi connectivity index (χ4n) is 2.17. The molecule has 106 valence electrons. The van der Waals surface area contributed by atoms with Gasteiger partial charge in [-0.2, -0.15) is 0 Å². The molecule has 1 unspecified atom stereocenters. The highest BCUT2D eigenvalue weighted by molar-refractivity contribution is 6.31. The third-order valence-corrected chi connectivity index (χ3v) is 3.47. The zero-order chi connectivity index (χ0) is 14.5. The molecule has 2 nitrogen and oxygen atoms in total. The predicted octanol–water partition coefficient (Wildman–Crippen LogP) is 4.19. The molecule has 0 aliphatic carbocycles. The van der Waals surface area contributed by atoms with Gasteiger partial charge in [0.2, 0.25) is 0 Å². The van der Waals surface area contributed by atoms with Crippen LogP contribution in [-0.4, -0.2) is 13.7 Å². The summed E-state index contributed by atoms with van der Waals surface area (Å²) in [6.45, 7) is 2.69. The molecule has 0 saturated carbocycles. The SMILES string of the molecule is CCNC(c1ccccc1F)c1ccc(OC)cc1Cl. The Morgan fingerprint density at radius 3 is 2.55 bits per heavy atom. The maximum absolute atomic E-state index is 14.0. The minimum Gasteiger partial charge on any atom is -0.497 e. The molecule has 1 N–H and O–H groups in total. The molecule has 0 fully saturated rings. The van der Waals surface area contributed by atoms with E-state index in [9.17, 15) is 4.39 Å². The van der Waals surface area contributed by atoms with Crippen molar-refractivity contribution in [1.29, 1.82) is 0 Å². The molecule has 0 heterocycles. The van der Waals surface area contributed by atoms with Gasteiger partial charge in [-0.15, -0.1) is 0 Å². The number of halogens is 2. The molecule has 0 aliphatic heterocycles. The number of nitrogens with one attached hydrogen (secondary N) is 1. The Labute approximate surface area is 123 Å². The van der Waals surface area contributed by atoms with Crippen LogP contribution in [0.2, 0.25) is 5.02 Å². The molecular weight excluding hydrogens is 277 g/mol. The average molecular weight is 294 g/mol. The Morgan fingerprint density at radius 1 is 1.20 bits per heavy atom. The Hall–Kier alpha value is -1.58. The van der Waals surface area contributed by atoms with Gasteiger partial charge in [0.25, 0.3) is 0 Å². The zero-order valence-electron chi connectivity index (χ0n) is 11.5. The van der Waals surface area contributed by atoms with Gasteiger partial charge < -0.3 is 10.1 Å². The average Bonchev–Trinajstić information content (AvgIpc) is 2.46. The van der Waals surface area contributed by atoms with Crippen molar-refractivity contribution in [2.75, 3.05) is 13.7 Å². The first kappa shape index (κ1) is 14.8. The van der Waals surface area contributed by atoms with E-state index in [1.165, 1.54) is 6.07 Å². The molecule has 0 bridgehead atoms. The summed E-state index contributed by atoms with van der Waals surface area (Å²) in [4.78, 5) is 0. The van der Waals surface area contributed by atoms with Gasteiger partial charge in [0.1, 0.15) is 11.6 Å². The third kappa shape index (κ3) is 3.11. The van der Waals surface area contributed by atoms with Gasteiger partial charge in [0.05, 0.1) is 13.2 Å². The van der Waals surface area contributed by atoms with E-state index < -0.39 is 0 Å². The maximum Gasteiger partial charge on any atom is 0.128 e. The molecular formula is C16H17ClFNO. The Morgan fingerprint density at radius 2 is 1.95 bits per heavy atom. The van der Waals surface area contributed by atoms with Crippen LogP contribution in [0.4, 0.5) is 4.39 Å². The van der Waals surface area contributed by atoms with Crippen molar-refractivity contribution in [3.05, 3.63) is 64.4 Å². The number of benzene rings is 2. The van der Waals surface area contributed by atoms with Crippen molar-refractivity contribution in [2.24, 2.45) is 0 Å². The first-order chi connectivity index (χ1) is 9.67. The van der Waals surface area contributed by atoms with Gasteiger partial charge >= 0.3 is 0 Å². The standard InChI is InChI=1S/C16H17ClFNO/c1-3-19-16(13-6-4-5-7-15(13)18)12-9-8-11(20-2)10-14(12)17/h4-10,16,19H,3H2,1-2H3. The van der Waals surface area contributed by atoms with Crippen molar-refractivity contribution in [3.8, 4) is 5.75 Å². The number of hydrogen-bond acceptors (Lipinski definition) is 2. The Kier molecular flexibility index (Phi) is 4.99. The summed E-state index contributed by atoms with van der Waals surface area (Å²) in [5, 5.41) is 3.82. The summed E-state index contributed by atoms with van der Waals surface area (Å²) in [5.74, 6) is 0.438. The second-order valence-electron chi connectivity index (χ2n) is 4.40. The van der Waals surface area contributed by atoms with Crippen molar-refractivity contribution in [3.63, 3.8) is 0 Å². The third-order valence-electron chi connectivity index (χ3n) is 3.14. The molecule has 0 aromatic heterocycles. The smallest absolute Gasteiger partial charge is 0.128 e. The lowest BCUT2D eigenvalue weighted by Gasteiger charge is -2.21. The number of rotatable bonds is 5. The topological polar surface area (TPSA) is 21.3 Å². The summed E-state index contributed by atoms with van der Waals surface area (Å²) in [6.07, 6.45) is 0. The van der Waals surface area contributed by atoms with Crippen LogP contribution in [0.5, 0.6) is 5.75 Å². The van der Waals surface area contributed by atoms with Crippen LogP contribution in [0.3, 0.4) is 0 Å². The molecule has 0 aliphatic rings. The molecule has 1 atom stereocenters. The van der Waals surface area contributed by atoms with E-state index in [4.69, 9.17) is 16.3 Å². The maximum atomic E-state index is 14.0. The van der Waals surface area contributed by atoms with Crippen LogP contribution in [-0.2, 0) is 0 Å². The minimum absolute atomic E-state index is 0.245. The molecule has 4 heteroatoms. The highest BCUT2D eigenvalue weighted by Gasteiger charge is 2.19. The zero-order valence-corrected chi connectivity index (χ0v) is 12.2. The van der Waals surface area contributed by atoms with Gasteiger partial charge in [0.15, 0.2) is 0 Å². The molecule has 2 aromatic rings. The lowest BCUT2D eigenvalue weighted by atomic mass is 9.98. The van der Waals surface area contributed by atoms with Gasteiger partial charge in [-0.1, -0.05) is 42.8 Å². The van der Waals surface area contributed by atoms with E-state index in [0.717, 1.165) is 5.56 Å². The quantitative estimate of drug-likeness (QED) is 0.892. The summed E-state index contributed by atoms with van der Waals surface area (Å²) >= 11 is 6.30. The van der Waals surface area contributed by atoms with E-state index in [0.29, 0.717) is 22.9 Å². The molecule has 20 heavy (non-hydrogen) atoms. The first-order valence-electron chi connectivity index (χ1n) is 6.48. The lowest BCUT2D eigenvalue weighted by molar-refractivity contribution is 0.414. The van der Waals surface area contributed by atoms with Crippen LogP contribution in [0.15, 0.2) is 42.5 Å². The number of ether oxygens (including phenoxy) is 1.